The highest BCUT2D eigenvalue weighted by atomic mass is 19.1. The second kappa shape index (κ2) is 9.60. The van der Waals surface area contributed by atoms with E-state index in [0.29, 0.717) is 6.42 Å². The summed E-state index contributed by atoms with van der Waals surface area (Å²) < 4.78 is 26.8. The molecule has 1 saturated carbocycles. The van der Waals surface area contributed by atoms with Gasteiger partial charge in [0.05, 0.1) is 0 Å². The summed E-state index contributed by atoms with van der Waals surface area (Å²) in [5, 5.41) is 3.91. The van der Waals surface area contributed by atoms with Gasteiger partial charge in [-0.1, -0.05) is 52.0 Å². The minimum Gasteiger partial charge on any atom is -0.307 e. The first kappa shape index (κ1) is 22.9. The Morgan fingerprint density at radius 1 is 0.967 bits per heavy atom. The lowest BCUT2D eigenvalue weighted by Crippen LogP contribution is -2.45. The highest BCUT2D eigenvalue weighted by molar-refractivity contribution is 5.33. The largest absolute Gasteiger partial charge is 0.307 e. The van der Waals surface area contributed by atoms with Crippen molar-refractivity contribution >= 4 is 0 Å². The van der Waals surface area contributed by atoms with E-state index in [0.717, 1.165) is 49.8 Å². The first-order valence-electron chi connectivity index (χ1n) is 11.5. The van der Waals surface area contributed by atoms with Gasteiger partial charge in [-0.25, -0.2) is 8.78 Å². The summed E-state index contributed by atoms with van der Waals surface area (Å²) >= 11 is 0. The molecule has 0 saturated heterocycles. The van der Waals surface area contributed by atoms with Gasteiger partial charge in [0.1, 0.15) is 11.6 Å². The molecule has 0 bridgehead atoms. The fourth-order valence-electron chi connectivity index (χ4n) is 4.64. The number of hydrogen-bond donors (Lipinski definition) is 1. The molecule has 1 N–H and O–H groups in total. The Kier molecular flexibility index (Phi) is 7.34. The molecule has 0 atom stereocenters. The molecule has 30 heavy (non-hydrogen) atoms. The average Bonchev–Trinajstić information content (AvgIpc) is 2.68. The van der Waals surface area contributed by atoms with Crippen LogP contribution in [0.4, 0.5) is 8.78 Å². The van der Waals surface area contributed by atoms with Crippen LogP contribution in [0, 0.1) is 17.6 Å². The van der Waals surface area contributed by atoms with E-state index in [1.165, 1.54) is 36.1 Å². The predicted molar refractivity (Wildman–Crippen MR) is 122 cm³/mol. The van der Waals surface area contributed by atoms with Crippen molar-refractivity contribution in [1.82, 2.24) is 5.32 Å². The lowest BCUT2D eigenvalue weighted by Gasteiger charge is -2.41. The molecule has 0 aromatic heterocycles. The van der Waals surface area contributed by atoms with Crippen molar-refractivity contribution in [3.05, 3.63) is 70.8 Å². The van der Waals surface area contributed by atoms with Crippen molar-refractivity contribution in [2.24, 2.45) is 5.92 Å². The smallest absolute Gasteiger partial charge is 0.126 e. The number of rotatable bonds is 7. The molecule has 0 amide bonds. The molecule has 0 aliphatic heterocycles. The van der Waals surface area contributed by atoms with Crippen molar-refractivity contribution in [3.63, 3.8) is 0 Å². The van der Waals surface area contributed by atoms with Crippen LogP contribution >= 0.6 is 0 Å². The zero-order valence-corrected chi connectivity index (χ0v) is 19.0. The summed E-state index contributed by atoms with van der Waals surface area (Å²) in [5.41, 5.74) is 3.71. The fraction of sp³-hybridized carbons (Fsp3) is 0.556. The first-order valence-corrected chi connectivity index (χ1v) is 11.5. The van der Waals surface area contributed by atoms with Gasteiger partial charge in [-0.3, -0.25) is 0 Å². The van der Waals surface area contributed by atoms with E-state index in [1.807, 2.05) is 0 Å². The lowest BCUT2D eigenvalue weighted by molar-refractivity contribution is 0.195. The summed E-state index contributed by atoms with van der Waals surface area (Å²) in [6.45, 7) is 10.1. The van der Waals surface area contributed by atoms with Crippen LogP contribution in [0.3, 0.4) is 0 Å². The number of unbranched alkanes of at least 4 members (excludes halogenated alkanes) is 1. The quantitative estimate of drug-likeness (QED) is 0.470. The second-order valence-corrected chi connectivity index (χ2v) is 10.3. The zero-order valence-electron chi connectivity index (χ0n) is 19.0. The fourth-order valence-corrected chi connectivity index (χ4v) is 4.64. The molecule has 2 aromatic rings. The minimum absolute atomic E-state index is 0.0404. The van der Waals surface area contributed by atoms with Crippen LogP contribution in [0.1, 0.15) is 82.9 Å². The van der Waals surface area contributed by atoms with E-state index in [4.69, 9.17) is 0 Å². The van der Waals surface area contributed by atoms with E-state index in [2.05, 4.69) is 57.3 Å². The summed E-state index contributed by atoms with van der Waals surface area (Å²) in [7, 11) is 0. The molecule has 0 heterocycles. The van der Waals surface area contributed by atoms with Crippen LogP contribution in [0.15, 0.2) is 42.5 Å². The van der Waals surface area contributed by atoms with Gasteiger partial charge >= 0.3 is 0 Å². The molecule has 1 aliphatic rings. The molecule has 0 spiro atoms. The third kappa shape index (κ3) is 5.91. The third-order valence-electron chi connectivity index (χ3n) is 6.69. The van der Waals surface area contributed by atoms with E-state index >= 15 is 0 Å². The summed E-state index contributed by atoms with van der Waals surface area (Å²) in [6.07, 6.45) is 7.44. The number of hydrogen-bond acceptors (Lipinski definition) is 1. The Balaban J connectivity index is 1.64. The summed E-state index contributed by atoms with van der Waals surface area (Å²) in [5.74, 6) is -0.192. The Morgan fingerprint density at radius 2 is 1.63 bits per heavy atom. The minimum atomic E-state index is -0.489. The van der Waals surface area contributed by atoms with Crippen LogP contribution in [0.2, 0.25) is 0 Å². The highest BCUT2D eigenvalue weighted by Crippen LogP contribution is 2.40. The topological polar surface area (TPSA) is 12.0 Å². The summed E-state index contributed by atoms with van der Waals surface area (Å²) in [4.78, 5) is 0. The van der Waals surface area contributed by atoms with Gasteiger partial charge in [0.2, 0.25) is 0 Å². The maximum absolute atomic E-state index is 13.4. The molecule has 3 rings (SSSR count). The van der Waals surface area contributed by atoms with Gasteiger partial charge in [-0.15, -0.1) is 0 Å². The summed E-state index contributed by atoms with van der Waals surface area (Å²) in [6, 6.07) is 12.9. The maximum atomic E-state index is 13.4. The van der Waals surface area contributed by atoms with E-state index in [9.17, 15) is 8.78 Å². The van der Waals surface area contributed by atoms with Crippen molar-refractivity contribution < 1.29 is 8.78 Å². The van der Waals surface area contributed by atoms with Gasteiger partial charge < -0.3 is 5.32 Å². The van der Waals surface area contributed by atoms with E-state index < -0.39 is 11.6 Å². The molecular weight excluding hydrogens is 376 g/mol. The number of aryl methyl sites for hydroxylation is 1. The van der Waals surface area contributed by atoms with Crippen LogP contribution in [-0.2, 0) is 17.4 Å². The second-order valence-electron chi connectivity index (χ2n) is 10.3. The van der Waals surface area contributed by atoms with Crippen molar-refractivity contribution in [2.45, 2.75) is 83.6 Å². The maximum Gasteiger partial charge on any atom is 0.126 e. The molecule has 2 aromatic carbocycles. The molecule has 164 valence electrons. The van der Waals surface area contributed by atoms with Gasteiger partial charge in [0.25, 0.3) is 0 Å². The monoisotopic (exact) mass is 413 g/mol. The van der Waals surface area contributed by atoms with Crippen molar-refractivity contribution in [3.8, 4) is 0 Å². The van der Waals surface area contributed by atoms with Gasteiger partial charge in [0.15, 0.2) is 0 Å². The Labute approximate surface area is 181 Å². The van der Waals surface area contributed by atoms with Crippen molar-refractivity contribution in [1.29, 1.82) is 0 Å². The molecule has 0 unspecified atom stereocenters. The highest BCUT2D eigenvalue weighted by Gasteiger charge is 2.35. The van der Waals surface area contributed by atoms with E-state index in [-0.39, 0.29) is 11.0 Å². The molecule has 0 radical (unpaired) electrons. The zero-order chi connectivity index (χ0) is 21.8. The Hall–Kier alpha value is -1.74. The van der Waals surface area contributed by atoms with Crippen LogP contribution < -0.4 is 5.32 Å². The van der Waals surface area contributed by atoms with Gasteiger partial charge in [0, 0.05) is 11.6 Å². The number of benzene rings is 2. The van der Waals surface area contributed by atoms with Crippen LogP contribution in [0.5, 0.6) is 0 Å². The van der Waals surface area contributed by atoms with Crippen molar-refractivity contribution in [2.75, 3.05) is 6.54 Å². The normalized spacial score (nSPS) is 22.3. The van der Waals surface area contributed by atoms with Crippen LogP contribution in [-0.4, -0.2) is 6.54 Å². The molecular formula is C27H37F2N. The van der Waals surface area contributed by atoms with Gasteiger partial charge in [-0.2, -0.15) is 0 Å². The Bertz CT molecular complexity index is 809. The lowest BCUT2D eigenvalue weighted by atomic mass is 9.72. The Morgan fingerprint density at radius 3 is 2.27 bits per heavy atom. The predicted octanol–water partition coefficient (Wildman–Crippen LogP) is 7.28. The van der Waals surface area contributed by atoms with E-state index in [1.54, 1.807) is 0 Å². The van der Waals surface area contributed by atoms with Gasteiger partial charge in [-0.05, 0) is 91.6 Å². The molecule has 3 heteroatoms. The molecule has 1 nitrogen and oxygen atoms in total. The number of nitrogens with one attached hydrogen (secondary N) is 1. The third-order valence-corrected chi connectivity index (χ3v) is 6.69. The molecule has 1 fully saturated rings. The first-order chi connectivity index (χ1) is 14.2. The SMILES string of the molecule is CC1CCC(NCCCCc2cc(F)cc(F)c2)(c2cccc(C(C)(C)C)c2)CC1. The standard InChI is InChI=1S/C27H37F2N/c1-20-11-13-27(14-12-20,23-10-7-9-22(18-23)26(2,3)4)30-15-6-5-8-21-16-24(28)19-25(29)17-21/h7,9-10,16-20,30H,5-6,8,11-15H2,1-4H3. The van der Waals surface area contributed by atoms with Crippen LogP contribution in [0.25, 0.3) is 0 Å². The average molecular weight is 414 g/mol. The number of halogens is 2. The molecule has 1 aliphatic carbocycles.